The van der Waals surface area contributed by atoms with Crippen LogP contribution in [-0.4, -0.2) is 12.5 Å². The van der Waals surface area contributed by atoms with Gasteiger partial charge in [0.1, 0.15) is 5.75 Å². The molecule has 0 aliphatic carbocycles. The van der Waals surface area contributed by atoms with Crippen LogP contribution in [0.15, 0.2) is 36.4 Å². The molecule has 0 spiro atoms. The number of hydrogen-bond acceptors (Lipinski definition) is 3. The molecule has 3 N–H and O–H groups in total. The Bertz CT molecular complexity index is 701. The molecule has 1 amide bonds. The van der Waals surface area contributed by atoms with E-state index < -0.39 is 0 Å². The van der Waals surface area contributed by atoms with Gasteiger partial charge in [0.05, 0.1) is 6.61 Å². The lowest BCUT2D eigenvalue weighted by atomic mass is 10.1. The number of nitrogens with two attached hydrogens (primary N) is 1. The van der Waals surface area contributed by atoms with E-state index >= 15 is 0 Å². The van der Waals surface area contributed by atoms with Gasteiger partial charge in [-0.1, -0.05) is 17.7 Å². The molecule has 0 saturated heterocycles. The number of ether oxygens (including phenoxy) is 1. The van der Waals surface area contributed by atoms with Crippen molar-refractivity contribution in [3.05, 3.63) is 52.5 Å². The second kappa shape index (κ2) is 7.88. The highest BCUT2D eigenvalue weighted by atomic mass is 35.5. The van der Waals surface area contributed by atoms with Gasteiger partial charge >= 0.3 is 0 Å². The van der Waals surface area contributed by atoms with Crippen LogP contribution in [0.2, 0.25) is 5.02 Å². The molecule has 0 heterocycles. The summed E-state index contributed by atoms with van der Waals surface area (Å²) in [6.45, 7) is 4.34. The maximum atomic E-state index is 12.0. The van der Waals surface area contributed by atoms with Crippen LogP contribution < -0.4 is 15.8 Å². The van der Waals surface area contributed by atoms with E-state index in [0.717, 1.165) is 22.6 Å². The highest BCUT2D eigenvalue weighted by molar-refractivity contribution is 6.31. The summed E-state index contributed by atoms with van der Waals surface area (Å²) in [5, 5.41) is 3.59. The first-order chi connectivity index (χ1) is 11.0. The van der Waals surface area contributed by atoms with Crippen LogP contribution in [0.3, 0.4) is 0 Å². The third-order valence-electron chi connectivity index (χ3n) is 3.48. The van der Waals surface area contributed by atoms with Crippen LogP contribution >= 0.6 is 11.6 Å². The zero-order valence-electron chi connectivity index (χ0n) is 13.4. The summed E-state index contributed by atoms with van der Waals surface area (Å²) >= 11 is 5.97. The fourth-order valence-electron chi connectivity index (χ4n) is 2.12. The molecule has 0 saturated carbocycles. The molecule has 2 aromatic rings. The number of amides is 1. The van der Waals surface area contributed by atoms with Crippen molar-refractivity contribution >= 4 is 28.9 Å². The Balaban J connectivity index is 1.76. The quantitative estimate of drug-likeness (QED) is 0.611. The van der Waals surface area contributed by atoms with Crippen LogP contribution in [0.1, 0.15) is 24.0 Å². The normalized spacial score (nSPS) is 10.4. The Hall–Kier alpha value is -2.20. The molecule has 0 aliphatic heterocycles. The van der Waals surface area contributed by atoms with Gasteiger partial charge in [-0.25, -0.2) is 0 Å². The zero-order chi connectivity index (χ0) is 16.8. The van der Waals surface area contributed by atoms with Gasteiger partial charge in [0, 0.05) is 22.8 Å². The minimum absolute atomic E-state index is 0.0467. The number of carbonyl (C=O) groups is 1. The van der Waals surface area contributed by atoms with Gasteiger partial charge in [0.25, 0.3) is 0 Å². The molecule has 0 aliphatic rings. The molecule has 0 fully saturated rings. The van der Waals surface area contributed by atoms with E-state index in [-0.39, 0.29) is 5.91 Å². The molecule has 0 unspecified atom stereocenters. The fourth-order valence-corrected chi connectivity index (χ4v) is 2.23. The van der Waals surface area contributed by atoms with Gasteiger partial charge in [-0.05, 0) is 61.7 Å². The van der Waals surface area contributed by atoms with Crippen LogP contribution in [0.5, 0.6) is 5.75 Å². The van der Waals surface area contributed by atoms with Gasteiger partial charge in [0.15, 0.2) is 0 Å². The summed E-state index contributed by atoms with van der Waals surface area (Å²) in [6, 6.07) is 11.0. The molecule has 23 heavy (non-hydrogen) atoms. The summed E-state index contributed by atoms with van der Waals surface area (Å²) in [5.41, 5.74) is 9.07. The monoisotopic (exact) mass is 332 g/mol. The number of halogens is 1. The summed E-state index contributed by atoms with van der Waals surface area (Å²) in [6.07, 6.45) is 1.02. The summed E-state index contributed by atoms with van der Waals surface area (Å²) in [7, 11) is 0. The Kier molecular flexibility index (Phi) is 5.88. The molecule has 4 nitrogen and oxygen atoms in total. The van der Waals surface area contributed by atoms with Crippen molar-refractivity contribution in [3.63, 3.8) is 0 Å². The van der Waals surface area contributed by atoms with E-state index in [1.54, 1.807) is 6.07 Å². The first-order valence-corrected chi connectivity index (χ1v) is 7.88. The van der Waals surface area contributed by atoms with Gasteiger partial charge in [-0.15, -0.1) is 0 Å². The van der Waals surface area contributed by atoms with Gasteiger partial charge in [-0.3, -0.25) is 4.79 Å². The van der Waals surface area contributed by atoms with Crippen LogP contribution in [0, 0.1) is 13.8 Å². The first-order valence-electron chi connectivity index (χ1n) is 7.50. The predicted molar refractivity (Wildman–Crippen MR) is 95.1 cm³/mol. The number of rotatable bonds is 6. The lowest BCUT2D eigenvalue weighted by molar-refractivity contribution is -0.116. The van der Waals surface area contributed by atoms with Gasteiger partial charge < -0.3 is 15.8 Å². The average Bonchev–Trinajstić information content (AvgIpc) is 2.51. The van der Waals surface area contributed by atoms with E-state index in [1.807, 2.05) is 44.2 Å². The minimum Gasteiger partial charge on any atom is -0.494 e. The van der Waals surface area contributed by atoms with Crippen LogP contribution in [-0.2, 0) is 4.79 Å². The van der Waals surface area contributed by atoms with Crippen LogP contribution in [0.25, 0.3) is 0 Å². The third kappa shape index (κ3) is 5.18. The molecular weight excluding hydrogens is 312 g/mol. The Morgan fingerprint density at radius 3 is 2.70 bits per heavy atom. The number of carbonyl (C=O) groups excluding carboxylic acids is 1. The largest absolute Gasteiger partial charge is 0.494 e. The van der Waals surface area contributed by atoms with Crippen molar-refractivity contribution in [1.29, 1.82) is 0 Å². The Labute approximate surface area is 141 Å². The first kappa shape index (κ1) is 17.2. The van der Waals surface area contributed by atoms with Crippen molar-refractivity contribution in [2.45, 2.75) is 26.7 Å². The maximum absolute atomic E-state index is 12.0. The van der Waals surface area contributed by atoms with Crippen molar-refractivity contribution in [3.8, 4) is 5.75 Å². The van der Waals surface area contributed by atoms with Gasteiger partial charge in [-0.2, -0.15) is 0 Å². The topological polar surface area (TPSA) is 64.3 Å². The van der Waals surface area contributed by atoms with E-state index in [1.165, 1.54) is 0 Å². The molecule has 0 radical (unpaired) electrons. The second-order valence-corrected chi connectivity index (χ2v) is 5.89. The van der Waals surface area contributed by atoms with Crippen molar-refractivity contribution in [2.75, 3.05) is 17.7 Å². The standard InChI is InChI=1S/C18H21ClN2O2/c1-12-5-6-14(20)11-17(12)21-18(22)4-3-9-23-15-7-8-16(19)13(2)10-15/h5-8,10-11H,3-4,9,20H2,1-2H3,(H,21,22). The SMILES string of the molecule is Cc1cc(OCCCC(=O)Nc2cc(N)ccc2C)ccc1Cl. The molecule has 0 aromatic heterocycles. The molecule has 2 rings (SSSR count). The second-order valence-electron chi connectivity index (χ2n) is 5.49. The highest BCUT2D eigenvalue weighted by Crippen LogP contribution is 2.21. The number of benzene rings is 2. The molecule has 122 valence electrons. The highest BCUT2D eigenvalue weighted by Gasteiger charge is 2.06. The smallest absolute Gasteiger partial charge is 0.224 e. The number of nitrogen functional groups attached to an aromatic ring is 1. The van der Waals surface area contributed by atoms with Crippen LogP contribution in [0.4, 0.5) is 11.4 Å². The zero-order valence-corrected chi connectivity index (χ0v) is 14.1. The number of nitrogens with one attached hydrogen (secondary N) is 1. The van der Waals surface area contributed by atoms with E-state index in [0.29, 0.717) is 30.2 Å². The lowest BCUT2D eigenvalue weighted by Gasteiger charge is -2.10. The number of aryl methyl sites for hydroxylation is 2. The van der Waals surface area contributed by atoms with Crippen molar-refractivity contribution in [1.82, 2.24) is 0 Å². The van der Waals surface area contributed by atoms with E-state index in [9.17, 15) is 4.79 Å². The lowest BCUT2D eigenvalue weighted by Crippen LogP contribution is -2.13. The average molecular weight is 333 g/mol. The maximum Gasteiger partial charge on any atom is 0.224 e. The summed E-state index contributed by atoms with van der Waals surface area (Å²) in [5.74, 6) is 0.716. The minimum atomic E-state index is -0.0467. The molecule has 0 bridgehead atoms. The summed E-state index contributed by atoms with van der Waals surface area (Å²) < 4.78 is 5.63. The number of anilines is 2. The van der Waals surface area contributed by atoms with Crippen molar-refractivity contribution in [2.24, 2.45) is 0 Å². The predicted octanol–water partition coefficient (Wildman–Crippen LogP) is 4.34. The Morgan fingerprint density at radius 2 is 1.96 bits per heavy atom. The Morgan fingerprint density at radius 1 is 1.17 bits per heavy atom. The fraction of sp³-hybridized carbons (Fsp3) is 0.278. The molecule has 2 aromatic carbocycles. The summed E-state index contributed by atoms with van der Waals surface area (Å²) in [4.78, 5) is 12.0. The molecule has 5 heteroatoms. The van der Waals surface area contributed by atoms with Gasteiger partial charge in [0.2, 0.25) is 5.91 Å². The molecular formula is C18H21ClN2O2. The van der Waals surface area contributed by atoms with E-state index in [4.69, 9.17) is 22.1 Å². The third-order valence-corrected chi connectivity index (χ3v) is 3.91. The number of hydrogen-bond donors (Lipinski definition) is 2. The van der Waals surface area contributed by atoms with Crippen molar-refractivity contribution < 1.29 is 9.53 Å². The molecule has 0 atom stereocenters. The van der Waals surface area contributed by atoms with E-state index in [2.05, 4.69) is 5.32 Å².